The predicted octanol–water partition coefficient (Wildman–Crippen LogP) is 1.75. The monoisotopic (exact) mass is 159 g/mol. The lowest BCUT2D eigenvalue weighted by Gasteiger charge is -2.03. The quantitative estimate of drug-likeness (QED) is 0.608. The van der Waals surface area contributed by atoms with E-state index in [-0.39, 0.29) is 0 Å². The lowest BCUT2D eigenvalue weighted by molar-refractivity contribution is 0.198. The summed E-state index contributed by atoms with van der Waals surface area (Å²) < 4.78 is 4.94. The highest BCUT2D eigenvalue weighted by atomic mass is 16.5. The van der Waals surface area contributed by atoms with Gasteiger partial charge in [0.05, 0.1) is 0 Å². The molecule has 2 heteroatoms. The molecule has 0 unspecified atom stereocenters. The van der Waals surface area contributed by atoms with Crippen molar-refractivity contribution in [3.05, 3.63) is 0 Å². The normalized spacial score (nSPS) is 16.4. The molecular weight excluding hydrogens is 138 g/mol. The molecular formula is C9H21NO. The summed E-state index contributed by atoms with van der Waals surface area (Å²) in [6.07, 6.45) is 3.81. The molecule has 1 fully saturated rings. The second-order valence-electron chi connectivity index (χ2n) is 3.12. The molecule has 1 saturated heterocycles. The number of ether oxygens (including phenoxy) is 1. The number of hydrogen-bond donors (Lipinski definition) is 0. The minimum atomic E-state index is 1.00. The van der Waals surface area contributed by atoms with Crippen molar-refractivity contribution < 1.29 is 4.74 Å². The van der Waals surface area contributed by atoms with E-state index in [2.05, 4.69) is 25.9 Å². The predicted molar refractivity (Wildman–Crippen MR) is 48.9 cm³/mol. The molecule has 1 heterocycles. The Morgan fingerprint density at radius 3 is 1.82 bits per heavy atom. The third kappa shape index (κ3) is 9.92. The maximum absolute atomic E-state index is 4.94. The van der Waals surface area contributed by atoms with E-state index in [1.165, 1.54) is 25.8 Å². The van der Waals surface area contributed by atoms with Gasteiger partial charge in [0.15, 0.2) is 0 Å². The Hall–Kier alpha value is -0.0800. The number of nitrogens with zero attached hydrogens (tertiary/aromatic N) is 1. The molecule has 0 aromatic heterocycles. The van der Waals surface area contributed by atoms with Crippen molar-refractivity contribution in [3.63, 3.8) is 0 Å². The van der Waals surface area contributed by atoms with Gasteiger partial charge in [-0.1, -0.05) is 6.92 Å². The lowest BCUT2D eigenvalue weighted by Crippen LogP contribution is -2.11. The molecule has 68 valence electrons. The van der Waals surface area contributed by atoms with Crippen molar-refractivity contribution in [1.82, 2.24) is 4.90 Å². The van der Waals surface area contributed by atoms with Crippen LogP contribution in [-0.4, -0.2) is 38.8 Å². The molecule has 0 radical (unpaired) electrons. The molecule has 0 aliphatic carbocycles. The van der Waals surface area contributed by atoms with Crippen molar-refractivity contribution in [2.45, 2.75) is 26.2 Å². The molecule has 2 nitrogen and oxygen atoms in total. The smallest absolute Gasteiger partial charge is 0.0466 e. The fourth-order valence-corrected chi connectivity index (χ4v) is 0.958. The molecule has 0 bridgehead atoms. The molecule has 0 amide bonds. The van der Waals surface area contributed by atoms with Gasteiger partial charge in [-0.15, -0.1) is 0 Å². The van der Waals surface area contributed by atoms with Gasteiger partial charge < -0.3 is 9.64 Å². The van der Waals surface area contributed by atoms with Gasteiger partial charge in [-0.3, -0.25) is 0 Å². The average Bonchev–Trinajstić information content (AvgIpc) is 2.41. The van der Waals surface area contributed by atoms with E-state index in [1.54, 1.807) is 0 Å². The second-order valence-corrected chi connectivity index (χ2v) is 3.12. The maximum atomic E-state index is 4.94. The van der Waals surface area contributed by atoms with Crippen LogP contribution in [0.15, 0.2) is 0 Å². The summed E-state index contributed by atoms with van der Waals surface area (Å²) in [5.74, 6) is 0. The minimum absolute atomic E-state index is 1.00. The van der Waals surface area contributed by atoms with Gasteiger partial charge in [-0.05, 0) is 39.9 Å². The zero-order chi connectivity index (χ0) is 8.53. The summed E-state index contributed by atoms with van der Waals surface area (Å²) in [5, 5.41) is 0. The Morgan fingerprint density at radius 2 is 1.73 bits per heavy atom. The van der Waals surface area contributed by atoms with E-state index in [9.17, 15) is 0 Å². The van der Waals surface area contributed by atoms with Gasteiger partial charge in [0, 0.05) is 13.2 Å². The molecule has 1 rings (SSSR count). The molecule has 0 aromatic carbocycles. The fourth-order valence-electron chi connectivity index (χ4n) is 0.958. The van der Waals surface area contributed by atoms with Crippen LogP contribution < -0.4 is 0 Å². The molecule has 0 atom stereocenters. The van der Waals surface area contributed by atoms with Gasteiger partial charge in [0.2, 0.25) is 0 Å². The van der Waals surface area contributed by atoms with Crippen LogP contribution in [0.4, 0.5) is 0 Å². The van der Waals surface area contributed by atoms with Crippen molar-refractivity contribution in [2.75, 3.05) is 33.9 Å². The first-order valence-corrected chi connectivity index (χ1v) is 4.50. The van der Waals surface area contributed by atoms with Gasteiger partial charge in [0.1, 0.15) is 0 Å². The summed E-state index contributed by atoms with van der Waals surface area (Å²) in [6, 6.07) is 0. The van der Waals surface area contributed by atoms with Crippen molar-refractivity contribution >= 4 is 0 Å². The topological polar surface area (TPSA) is 12.5 Å². The van der Waals surface area contributed by atoms with Crippen LogP contribution in [0.3, 0.4) is 0 Å². The first-order chi connectivity index (χ1) is 5.27. The second kappa shape index (κ2) is 8.02. The molecule has 0 N–H and O–H groups in total. The summed E-state index contributed by atoms with van der Waals surface area (Å²) in [6.45, 7) is 5.39. The molecule has 0 aromatic rings. The average molecular weight is 159 g/mol. The van der Waals surface area contributed by atoms with Crippen LogP contribution in [0, 0.1) is 0 Å². The van der Waals surface area contributed by atoms with E-state index >= 15 is 0 Å². The fraction of sp³-hybridized carbons (Fsp3) is 1.00. The number of hydrogen-bond acceptors (Lipinski definition) is 2. The highest BCUT2D eigenvalue weighted by Crippen LogP contribution is 1.98. The van der Waals surface area contributed by atoms with Gasteiger partial charge in [-0.2, -0.15) is 0 Å². The first-order valence-electron chi connectivity index (χ1n) is 4.50. The van der Waals surface area contributed by atoms with Crippen LogP contribution >= 0.6 is 0 Å². The highest BCUT2D eigenvalue weighted by molar-refractivity contribution is 4.43. The van der Waals surface area contributed by atoms with E-state index in [4.69, 9.17) is 4.74 Å². The Bertz CT molecular complexity index is 62.4. The third-order valence-corrected chi connectivity index (χ3v) is 1.50. The van der Waals surface area contributed by atoms with Crippen LogP contribution in [-0.2, 0) is 4.74 Å². The molecule has 1 aliphatic heterocycles. The van der Waals surface area contributed by atoms with Crippen molar-refractivity contribution in [1.29, 1.82) is 0 Å². The Balaban J connectivity index is 0.000000183. The summed E-state index contributed by atoms with van der Waals surface area (Å²) in [4.78, 5) is 2.18. The third-order valence-electron chi connectivity index (χ3n) is 1.50. The molecule has 1 aliphatic rings. The zero-order valence-electron chi connectivity index (χ0n) is 8.10. The van der Waals surface area contributed by atoms with Crippen LogP contribution in [0.5, 0.6) is 0 Å². The van der Waals surface area contributed by atoms with E-state index in [0.29, 0.717) is 0 Å². The van der Waals surface area contributed by atoms with Gasteiger partial charge >= 0.3 is 0 Å². The van der Waals surface area contributed by atoms with Crippen molar-refractivity contribution in [3.8, 4) is 0 Å². The largest absolute Gasteiger partial charge is 0.381 e. The highest BCUT2D eigenvalue weighted by Gasteiger charge is 1.94. The zero-order valence-corrected chi connectivity index (χ0v) is 8.10. The van der Waals surface area contributed by atoms with Crippen molar-refractivity contribution in [2.24, 2.45) is 0 Å². The molecule has 0 spiro atoms. The Morgan fingerprint density at radius 1 is 1.18 bits per heavy atom. The number of rotatable bonds is 2. The first kappa shape index (κ1) is 10.9. The Labute approximate surface area is 70.5 Å². The summed E-state index contributed by atoms with van der Waals surface area (Å²) in [7, 11) is 4.17. The van der Waals surface area contributed by atoms with Gasteiger partial charge in [-0.25, -0.2) is 0 Å². The summed E-state index contributed by atoms with van der Waals surface area (Å²) >= 11 is 0. The van der Waals surface area contributed by atoms with Crippen LogP contribution in [0.25, 0.3) is 0 Å². The van der Waals surface area contributed by atoms with E-state index in [1.807, 2.05) is 0 Å². The Kier molecular flexibility index (Phi) is 7.96. The minimum Gasteiger partial charge on any atom is -0.381 e. The SMILES string of the molecule is C1CCOC1.CCCN(C)C. The van der Waals surface area contributed by atoms with Gasteiger partial charge in [0.25, 0.3) is 0 Å². The summed E-state index contributed by atoms with van der Waals surface area (Å²) in [5.41, 5.74) is 0. The van der Waals surface area contributed by atoms with Crippen LogP contribution in [0.1, 0.15) is 26.2 Å². The lowest BCUT2D eigenvalue weighted by atomic mass is 10.4. The maximum Gasteiger partial charge on any atom is 0.0466 e. The standard InChI is InChI=1S/C5H13N.C4H8O/c1-4-5-6(2)3;1-2-4-5-3-1/h4-5H2,1-3H3;1-4H2. The van der Waals surface area contributed by atoms with Crippen LogP contribution in [0.2, 0.25) is 0 Å². The van der Waals surface area contributed by atoms with E-state index in [0.717, 1.165) is 13.2 Å². The van der Waals surface area contributed by atoms with E-state index < -0.39 is 0 Å². The molecule has 11 heavy (non-hydrogen) atoms. The molecule has 0 saturated carbocycles.